The van der Waals surface area contributed by atoms with Crippen molar-refractivity contribution in [2.75, 3.05) is 0 Å². The molecule has 0 N–H and O–H groups in total. The van der Waals surface area contributed by atoms with Gasteiger partial charge in [-0.25, -0.2) is 0 Å². The van der Waals surface area contributed by atoms with E-state index in [-0.39, 0.29) is 0 Å². The Hall–Kier alpha value is -1.36. The summed E-state index contributed by atoms with van der Waals surface area (Å²) in [5.74, 6) is 0. The van der Waals surface area contributed by atoms with Gasteiger partial charge in [0.05, 0.1) is 21.9 Å². The van der Waals surface area contributed by atoms with Gasteiger partial charge in [-0.2, -0.15) is 21.2 Å². The molecule has 2 heterocycles. The van der Waals surface area contributed by atoms with Crippen LogP contribution in [0.15, 0.2) is 41.2 Å². The van der Waals surface area contributed by atoms with E-state index in [1.807, 2.05) is 22.9 Å². The molecule has 0 spiro atoms. The molecule has 3 aromatic rings. The average molecular weight is 296 g/mol. The van der Waals surface area contributed by atoms with Gasteiger partial charge >= 0.3 is 0 Å². The molecule has 0 aliphatic carbocycles. The second-order valence-corrected chi connectivity index (χ2v) is 5.22. The number of rotatable bonds is 2. The van der Waals surface area contributed by atoms with Crippen molar-refractivity contribution in [3.63, 3.8) is 0 Å². The largest absolute Gasteiger partial charge is 0.156 e. The minimum Gasteiger partial charge on any atom is -0.156 e. The summed E-state index contributed by atoms with van der Waals surface area (Å²) in [5, 5.41) is 13.7. The Balaban J connectivity index is 2.00. The third-order valence-corrected chi connectivity index (χ3v) is 3.87. The molecule has 0 unspecified atom stereocenters. The molecule has 0 aliphatic rings. The van der Waals surface area contributed by atoms with Crippen molar-refractivity contribution >= 4 is 34.5 Å². The number of halogens is 2. The second-order valence-electron chi connectivity index (χ2n) is 3.63. The molecule has 1 aromatic carbocycles. The predicted octanol–water partition coefficient (Wildman–Crippen LogP) is 4.30. The summed E-state index contributed by atoms with van der Waals surface area (Å²) in [6.45, 7) is 0. The number of aromatic nitrogens is 3. The third kappa shape index (κ3) is 2.14. The maximum atomic E-state index is 5.97. The van der Waals surface area contributed by atoms with Crippen LogP contribution in [0.4, 0.5) is 0 Å². The first kappa shape index (κ1) is 11.7. The lowest BCUT2D eigenvalue weighted by molar-refractivity contribution is 0.754. The van der Waals surface area contributed by atoms with E-state index in [1.165, 1.54) is 4.80 Å². The molecule has 3 rings (SSSR count). The minimum atomic E-state index is 0.489. The first-order chi connectivity index (χ1) is 8.74. The Morgan fingerprint density at radius 1 is 1.11 bits per heavy atom. The Labute approximate surface area is 118 Å². The van der Waals surface area contributed by atoms with Crippen molar-refractivity contribution in [3.8, 4) is 16.9 Å². The van der Waals surface area contributed by atoms with Crippen LogP contribution in [0.5, 0.6) is 0 Å². The zero-order valence-electron chi connectivity index (χ0n) is 9.05. The maximum Gasteiger partial charge on any atom is 0.114 e. The summed E-state index contributed by atoms with van der Waals surface area (Å²) in [6, 6.07) is 7.30. The van der Waals surface area contributed by atoms with Gasteiger partial charge in [0.15, 0.2) is 0 Å². The highest BCUT2D eigenvalue weighted by atomic mass is 35.5. The summed E-state index contributed by atoms with van der Waals surface area (Å²) in [5.41, 5.74) is 2.68. The van der Waals surface area contributed by atoms with Crippen LogP contribution in [0.2, 0.25) is 10.0 Å². The van der Waals surface area contributed by atoms with Crippen LogP contribution in [-0.2, 0) is 0 Å². The third-order valence-electron chi connectivity index (χ3n) is 2.44. The van der Waals surface area contributed by atoms with E-state index >= 15 is 0 Å². The summed E-state index contributed by atoms with van der Waals surface area (Å²) in [7, 11) is 0. The minimum absolute atomic E-state index is 0.489. The fourth-order valence-electron chi connectivity index (χ4n) is 1.54. The first-order valence-electron chi connectivity index (χ1n) is 5.14. The Kier molecular flexibility index (Phi) is 3.07. The number of nitrogens with zero attached hydrogens (tertiary/aromatic N) is 3. The molecule has 2 aromatic heterocycles. The Morgan fingerprint density at radius 3 is 2.72 bits per heavy atom. The zero-order chi connectivity index (χ0) is 12.5. The molecular formula is C12H7Cl2N3S. The quantitative estimate of drug-likeness (QED) is 0.705. The highest BCUT2D eigenvalue weighted by Crippen LogP contribution is 2.25. The second kappa shape index (κ2) is 4.72. The Morgan fingerprint density at radius 2 is 2.00 bits per heavy atom. The smallest absolute Gasteiger partial charge is 0.114 e. The molecule has 18 heavy (non-hydrogen) atoms. The SMILES string of the molecule is Clc1ccc(-n2ncc(-c3ccsc3)n2)cc1Cl. The molecule has 0 saturated heterocycles. The van der Waals surface area contributed by atoms with Crippen molar-refractivity contribution in [3.05, 3.63) is 51.3 Å². The lowest BCUT2D eigenvalue weighted by atomic mass is 10.3. The van der Waals surface area contributed by atoms with Gasteiger partial charge in [-0.3, -0.25) is 0 Å². The number of hydrogen-bond donors (Lipinski definition) is 0. The maximum absolute atomic E-state index is 5.97. The molecule has 6 heteroatoms. The first-order valence-corrected chi connectivity index (χ1v) is 6.84. The van der Waals surface area contributed by atoms with Crippen LogP contribution in [0.25, 0.3) is 16.9 Å². The van der Waals surface area contributed by atoms with E-state index in [4.69, 9.17) is 23.2 Å². The normalized spacial score (nSPS) is 10.8. The highest BCUT2D eigenvalue weighted by Gasteiger charge is 2.07. The van der Waals surface area contributed by atoms with E-state index < -0.39 is 0 Å². The van der Waals surface area contributed by atoms with Gasteiger partial charge in [-0.05, 0) is 29.6 Å². The van der Waals surface area contributed by atoms with Gasteiger partial charge in [0.1, 0.15) is 5.69 Å². The van der Waals surface area contributed by atoms with Crippen LogP contribution in [0.1, 0.15) is 0 Å². The molecule has 0 saturated carbocycles. The molecule has 0 amide bonds. The average Bonchev–Trinajstić information content (AvgIpc) is 3.01. The van der Waals surface area contributed by atoms with E-state index in [1.54, 1.807) is 29.7 Å². The number of benzene rings is 1. The van der Waals surface area contributed by atoms with Gasteiger partial charge in [0.2, 0.25) is 0 Å². The standard InChI is InChI=1S/C12H7Cl2N3S/c13-10-2-1-9(5-11(10)14)17-15-6-12(16-17)8-3-4-18-7-8/h1-7H. The molecule has 0 atom stereocenters. The summed E-state index contributed by atoms with van der Waals surface area (Å²) in [4.78, 5) is 1.54. The van der Waals surface area contributed by atoms with Gasteiger partial charge < -0.3 is 0 Å². The van der Waals surface area contributed by atoms with Gasteiger partial charge in [0.25, 0.3) is 0 Å². The van der Waals surface area contributed by atoms with Crippen LogP contribution >= 0.6 is 34.5 Å². The zero-order valence-corrected chi connectivity index (χ0v) is 11.4. The van der Waals surface area contributed by atoms with Crippen molar-refractivity contribution < 1.29 is 0 Å². The van der Waals surface area contributed by atoms with Crippen molar-refractivity contribution in [1.29, 1.82) is 0 Å². The molecule has 90 valence electrons. The monoisotopic (exact) mass is 295 g/mol. The molecule has 0 fully saturated rings. The summed E-state index contributed by atoms with van der Waals surface area (Å²) in [6.07, 6.45) is 1.73. The van der Waals surface area contributed by atoms with E-state index in [0.717, 1.165) is 16.9 Å². The van der Waals surface area contributed by atoms with E-state index in [0.29, 0.717) is 10.0 Å². The molecular weight excluding hydrogens is 289 g/mol. The van der Waals surface area contributed by atoms with Crippen molar-refractivity contribution in [2.24, 2.45) is 0 Å². The molecule has 0 aliphatic heterocycles. The van der Waals surface area contributed by atoms with Gasteiger partial charge in [-0.1, -0.05) is 23.2 Å². The lowest BCUT2D eigenvalue weighted by Gasteiger charge is -2.01. The van der Waals surface area contributed by atoms with E-state index in [2.05, 4.69) is 10.2 Å². The summed E-state index contributed by atoms with van der Waals surface area (Å²) < 4.78 is 0. The fraction of sp³-hybridized carbons (Fsp3) is 0. The molecule has 3 nitrogen and oxygen atoms in total. The topological polar surface area (TPSA) is 30.7 Å². The van der Waals surface area contributed by atoms with Crippen LogP contribution in [-0.4, -0.2) is 15.0 Å². The van der Waals surface area contributed by atoms with Crippen molar-refractivity contribution in [1.82, 2.24) is 15.0 Å². The van der Waals surface area contributed by atoms with Gasteiger partial charge in [-0.15, -0.1) is 5.10 Å². The summed E-state index contributed by atoms with van der Waals surface area (Å²) >= 11 is 13.5. The highest BCUT2D eigenvalue weighted by molar-refractivity contribution is 7.08. The predicted molar refractivity (Wildman–Crippen MR) is 74.7 cm³/mol. The number of hydrogen-bond acceptors (Lipinski definition) is 3. The van der Waals surface area contributed by atoms with E-state index in [9.17, 15) is 0 Å². The van der Waals surface area contributed by atoms with Crippen molar-refractivity contribution in [2.45, 2.75) is 0 Å². The van der Waals surface area contributed by atoms with Crippen LogP contribution in [0, 0.1) is 0 Å². The van der Waals surface area contributed by atoms with Gasteiger partial charge in [0, 0.05) is 10.9 Å². The fourth-order valence-corrected chi connectivity index (χ4v) is 2.48. The van der Waals surface area contributed by atoms with Crippen LogP contribution < -0.4 is 0 Å². The van der Waals surface area contributed by atoms with Crippen LogP contribution in [0.3, 0.4) is 0 Å². The molecule has 0 bridgehead atoms. The Bertz CT molecular complexity index is 676. The lowest BCUT2D eigenvalue weighted by Crippen LogP contribution is -1.98. The number of thiophene rings is 1. The molecule has 0 radical (unpaired) electrons.